The van der Waals surface area contributed by atoms with Crippen LogP contribution in [0, 0.1) is 0 Å². The summed E-state index contributed by atoms with van der Waals surface area (Å²) in [6.07, 6.45) is 3.21. The van der Waals surface area contributed by atoms with E-state index in [-0.39, 0.29) is 18.4 Å². The monoisotopic (exact) mass is 466 g/mol. The Labute approximate surface area is 200 Å². The molecule has 0 unspecified atom stereocenters. The summed E-state index contributed by atoms with van der Waals surface area (Å²) in [6.45, 7) is 8.61. The highest BCUT2D eigenvalue weighted by molar-refractivity contribution is 6.30. The molecule has 1 aromatic heterocycles. The van der Waals surface area contributed by atoms with Gasteiger partial charge in [-0.2, -0.15) is 5.10 Å². The maximum absolute atomic E-state index is 12.5. The number of nitrogens with one attached hydrogen (secondary N) is 1. The zero-order chi connectivity index (χ0) is 23.2. The number of morpholine rings is 1. The van der Waals surface area contributed by atoms with Gasteiger partial charge in [-0.3, -0.25) is 9.69 Å². The van der Waals surface area contributed by atoms with E-state index in [0.717, 1.165) is 61.8 Å². The molecule has 1 fully saturated rings. The lowest BCUT2D eigenvalue weighted by Crippen LogP contribution is -2.37. The number of carbonyl (C=O) groups is 1. The van der Waals surface area contributed by atoms with E-state index in [1.165, 1.54) is 5.56 Å². The van der Waals surface area contributed by atoms with Gasteiger partial charge in [0.15, 0.2) is 0 Å². The Morgan fingerprint density at radius 3 is 2.61 bits per heavy atom. The van der Waals surface area contributed by atoms with E-state index in [9.17, 15) is 4.79 Å². The molecule has 1 saturated heterocycles. The van der Waals surface area contributed by atoms with Gasteiger partial charge >= 0.3 is 0 Å². The van der Waals surface area contributed by atoms with Crippen molar-refractivity contribution in [3.05, 3.63) is 70.9 Å². The van der Waals surface area contributed by atoms with Gasteiger partial charge in [-0.05, 0) is 50.1 Å². The fourth-order valence-electron chi connectivity index (χ4n) is 4.02. The van der Waals surface area contributed by atoms with Gasteiger partial charge < -0.3 is 10.1 Å². The van der Waals surface area contributed by atoms with Gasteiger partial charge in [0.1, 0.15) is 0 Å². The molecule has 33 heavy (non-hydrogen) atoms. The SMILES string of the molecule is CC(C)NC(=O)Cc1cn(-c2ccc(CCN3CCOCC3)cc2)nc1-c1cccc(Cl)c1. The van der Waals surface area contributed by atoms with E-state index >= 15 is 0 Å². The second-order valence-corrected chi connectivity index (χ2v) is 9.16. The van der Waals surface area contributed by atoms with E-state index in [0.29, 0.717) is 5.02 Å². The normalized spacial score (nSPS) is 14.5. The first-order valence-electron chi connectivity index (χ1n) is 11.5. The minimum atomic E-state index is -0.0220. The van der Waals surface area contributed by atoms with Crippen LogP contribution < -0.4 is 5.32 Å². The third kappa shape index (κ3) is 6.44. The van der Waals surface area contributed by atoms with Crippen LogP contribution in [0.15, 0.2) is 54.7 Å². The number of hydrogen-bond acceptors (Lipinski definition) is 4. The molecule has 0 bridgehead atoms. The van der Waals surface area contributed by atoms with Crippen molar-refractivity contribution in [2.24, 2.45) is 0 Å². The minimum absolute atomic E-state index is 0.0220. The lowest BCUT2D eigenvalue weighted by molar-refractivity contribution is -0.120. The fourth-order valence-corrected chi connectivity index (χ4v) is 4.21. The molecule has 0 aliphatic carbocycles. The molecular weight excluding hydrogens is 436 g/mol. The van der Waals surface area contributed by atoms with Crippen molar-refractivity contribution < 1.29 is 9.53 Å². The van der Waals surface area contributed by atoms with E-state index < -0.39 is 0 Å². The molecule has 4 rings (SSSR count). The van der Waals surface area contributed by atoms with Crippen LogP contribution >= 0.6 is 11.6 Å². The molecular formula is C26H31ClN4O2. The van der Waals surface area contributed by atoms with E-state index in [4.69, 9.17) is 21.4 Å². The molecule has 2 heterocycles. The summed E-state index contributed by atoms with van der Waals surface area (Å²) in [4.78, 5) is 14.9. The Balaban J connectivity index is 1.54. The number of hydrogen-bond donors (Lipinski definition) is 1. The van der Waals surface area contributed by atoms with Crippen LogP contribution in [0.25, 0.3) is 16.9 Å². The van der Waals surface area contributed by atoms with Crippen LogP contribution in [0.4, 0.5) is 0 Å². The van der Waals surface area contributed by atoms with Crippen molar-refractivity contribution in [2.75, 3.05) is 32.8 Å². The highest BCUT2D eigenvalue weighted by atomic mass is 35.5. The molecule has 0 atom stereocenters. The van der Waals surface area contributed by atoms with Crippen LogP contribution in [0.1, 0.15) is 25.0 Å². The summed E-state index contributed by atoms with van der Waals surface area (Å²) in [5.41, 5.74) is 4.79. The number of ether oxygens (including phenoxy) is 1. The van der Waals surface area contributed by atoms with Gasteiger partial charge in [0.05, 0.1) is 31.0 Å². The Morgan fingerprint density at radius 2 is 1.91 bits per heavy atom. The molecule has 0 saturated carbocycles. The number of amides is 1. The molecule has 3 aromatic rings. The molecule has 0 radical (unpaired) electrons. The average Bonchev–Trinajstić information content (AvgIpc) is 3.22. The van der Waals surface area contributed by atoms with Gasteiger partial charge in [-0.25, -0.2) is 4.68 Å². The van der Waals surface area contributed by atoms with E-state index in [1.54, 1.807) is 0 Å². The number of rotatable bonds is 8. The largest absolute Gasteiger partial charge is 0.379 e. The zero-order valence-corrected chi connectivity index (χ0v) is 20.0. The summed E-state index contributed by atoms with van der Waals surface area (Å²) in [5.74, 6) is -0.0220. The van der Waals surface area contributed by atoms with Crippen LogP contribution in [-0.4, -0.2) is 59.5 Å². The lowest BCUT2D eigenvalue weighted by Gasteiger charge is -2.26. The zero-order valence-electron chi connectivity index (χ0n) is 19.3. The second kappa shape index (κ2) is 11.0. The quantitative estimate of drug-likeness (QED) is 0.542. The number of nitrogens with zero attached hydrogens (tertiary/aromatic N) is 3. The summed E-state index contributed by atoms with van der Waals surface area (Å²) < 4.78 is 7.27. The number of halogens is 1. The van der Waals surface area contributed by atoms with Crippen molar-refractivity contribution >= 4 is 17.5 Å². The fraction of sp³-hybridized carbons (Fsp3) is 0.385. The van der Waals surface area contributed by atoms with Gasteiger partial charge in [0.25, 0.3) is 0 Å². The number of benzene rings is 2. The minimum Gasteiger partial charge on any atom is -0.379 e. The summed E-state index contributed by atoms with van der Waals surface area (Å²) in [6, 6.07) is 16.2. The van der Waals surface area contributed by atoms with Crippen LogP contribution in [0.5, 0.6) is 0 Å². The number of carbonyl (C=O) groups excluding carboxylic acids is 1. The van der Waals surface area contributed by atoms with Crippen LogP contribution in [0.3, 0.4) is 0 Å². The first kappa shape index (κ1) is 23.5. The Kier molecular flexibility index (Phi) is 7.81. The first-order valence-corrected chi connectivity index (χ1v) is 11.9. The number of aromatic nitrogens is 2. The summed E-state index contributed by atoms with van der Waals surface area (Å²) >= 11 is 6.22. The Morgan fingerprint density at radius 1 is 1.15 bits per heavy atom. The van der Waals surface area contributed by atoms with Gasteiger partial charge in [-0.1, -0.05) is 35.9 Å². The third-order valence-corrected chi connectivity index (χ3v) is 5.95. The van der Waals surface area contributed by atoms with Crippen LogP contribution in [-0.2, 0) is 22.4 Å². The third-order valence-electron chi connectivity index (χ3n) is 5.71. The molecule has 6 nitrogen and oxygen atoms in total. The standard InChI is InChI=1S/C26H31ClN4O2/c1-19(2)28-25(32)17-22-18-31(29-26(22)21-4-3-5-23(27)16-21)24-8-6-20(7-9-24)10-11-30-12-14-33-15-13-30/h3-9,16,18-19H,10-15,17H2,1-2H3,(H,28,32). The maximum atomic E-state index is 12.5. The predicted octanol–water partition coefficient (Wildman–Crippen LogP) is 4.13. The second-order valence-electron chi connectivity index (χ2n) is 8.73. The van der Waals surface area contributed by atoms with Crippen molar-refractivity contribution in [1.29, 1.82) is 0 Å². The molecule has 7 heteroatoms. The first-order chi connectivity index (χ1) is 16.0. The highest BCUT2D eigenvalue weighted by Crippen LogP contribution is 2.26. The molecule has 0 spiro atoms. The highest BCUT2D eigenvalue weighted by Gasteiger charge is 2.16. The summed E-state index contributed by atoms with van der Waals surface area (Å²) in [7, 11) is 0. The van der Waals surface area contributed by atoms with Crippen LogP contribution in [0.2, 0.25) is 5.02 Å². The molecule has 1 aliphatic heterocycles. The smallest absolute Gasteiger partial charge is 0.224 e. The molecule has 1 N–H and O–H groups in total. The topological polar surface area (TPSA) is 59.4 Å². The summed E-state index contributed by atoms with van der Waals surface area (Å²) in [5, 5.41) is 8.44. The van der Waals surface area contributed by atoms with Crippen molar-refractivity contribution in [2.45, 2.75) is 32.7 Å². The van der Waals surface area contributed by atoms with Gasteiger partial charge in [-0.15, -0.1) is 0 Å². The predicted molar refractivity (Wildman–Crippen MR) is 132 cm³/mol. The Hall–Kier alpha value is -2.67. The molecule has 2 aromatic carbocycles. The van der Waals surface area contributed by atoms with E-state index in [1.807, 2.05) is 49.0 Å². The van der Waals surface area contributed by atoms with Gasteiger partial charge in [0, 0.05) is 48.0 Å². The van der Waals surface area contributed by atoms with Gasteiger partial charge in [0.2, 0.25) is 5.91 Å². The molecule has 1 amide bonds. The molecule has 174 valence electrons. The van der Waals surface area contributed by atoms with E-state index in [2.05, 4.69) is 34.5 Å². The Bertz CT molecular complexity index is 1070. The van der Waals surface area contributed by atoms with Crippen molar-refractivity contribution in [3.63, 3.8) is 0 Å². The lowest BCUT2D eigenvalue weighted by atomic mass is 10.1. The molecule has 1 aliphatic rings. The van der Waals surface area contributed by atoms with Crippen molar-refractivity contribution in [3.8, 4) is 16.9 Å². The maximum Gasteiger partial charge on any atom is 0.224 e. The van der Waals surface area contributed by atoms with Crippen molar-refractivity contribution in [1.82, 2.24) is 20.0 Å². The average molecular weight is 467 g/mol.